The average Bonchev–Trinajstić information content (AvgIpc) is 2.13. The Hall–Kier alpha value is -0.820. The Morgan fingerprint density at radius 2 is 2.00 bits per heavy atom. The summed E-state index contributed by atoms with van der Waals surface area (Å²) < 4.78 is 40.0. The largest absolute Gasteiger partial charge is 0.405 e. The number of carbonyl (C=O) groups is 1. The van der Waals surface area contributed by atoms with E-state index in [0.29, 0.717) is 6.42 Å². The van der Waals surface area contributed by atoms with Crippen molar-refractivity contribution in [3.05, 3.63) is 0 Å². The monoisotopic (exact) mass is 242 g/mol. The summed E-state index contributed by atoms with van der Waals surface area (Å²) in [7, 11) is 0. The van der Waals surface area contributed by atoms with Gasteiger partial charge in [-0.1, -0.05) is 6.92 Å². The summed E-state index contributed by atoms with van der Waals surface area (Å²) >= 11 is 0. The van der Waals surface area contributed by atoms with Crippen LogP contribution in [-0.2, 0) is 9.53 Å². The van der Waals surface area contributed by atoms with E-state index in [0.717, 1.165) is 0 Å². The van der Waals surface area contributed by atoms with Crippen LogP contribution in [0.25, 0.3) is 0 Å². The molecule has 1 amide bonds. The predicted molar refractivity (Wildman–Crippen MR) is 52.8 cm³/mol. The number of carbonyl (C=O) groups excluding carboxylic acids is 1. The highest BCUT2D eigenvalue weighted by Crippen LogP contribution is 2.12. The van der Waals surface area contributed by atoms with E-state index in [1.165, 1.54) is 0 Å². The van der Waals surface area contributed by atoms with Crippen molar-refractivity contribution in [3.8, 4) is 0 Å². The van der Waals surface area contributed by atoms with Gasteiger partial charge in [0.2, 0.25) is 5.91 Å². The molecule has 0 aliphatic heterocycles. The summed E-state index contributed by atoms with van der Waals surface area (Å²) in [4.78, 5) is 10.9. The number of nitrogens with one attached hydrogen (secondary N) is 1. The number of alkyl halides is 3. The number of hydrogen-bond acceptors (Lipinski definition) is 3. The van der Waals surface area contributed by atoms with Gasteiger partial charge in [0, 0.05) is 5.54 Å². The molecule has 0 fully saturated rings. The molecule has 3 N–H and O–H groups in total. The van der Waals surface area contributed by atoms with Crippen molar-refractivity contribution in [2.45, 2.75) is 32.0 Å². The summed E-state index contributed by atoms with van der Waals surface area (Å²) in [6.45, 7) is 1.96. The molecule has 0 rings (SSSR count). The van der Waals surface area contributed by atoms with E-state index in [-0.39, 0.29) is 6.61 Å². The van der Waals surface area contributed by atoms with Gasteiger partial charge in [-0.2, -0.15) is 13.2 Å². The molecule has 0 aromatic carbocycles. The maximum absolute atomic E-state index is 11.7. The summed E-state index contributed by atoms with van der Waals surface area (Å²) in [5, 5.41) is 1.70. The highest BCUT2D eigenvalue weighted by atomic mass is 19.4. The third kappa shape index (κ3) is 8.49. The van der Waals surface area contributed by atoms with Gasteiger partial charge >= 0.3 is 6.18 Å². The molecule has 4 nitrogen and oxygen atoms in total. The fourth-order valence-corrected chi connectivity index (χ4v) is 0.729. The lowest BCUT2D eigenvalue weighted by molar-refractivity contribution is -0.141. The van der Waals surface area contributed by atoms with E-state index < -0.39 is 30.8 Å². The van der Waals surface area contributed by atoms with Gasteiger partial charge in [0.15, 0.2) is 0 Å². The quantitative estimate of drug-likeness (QED) is 0.724. The van der Waals surface area contributed by atoms with Gasteiger partial charge in [-0.15, -0.1) is 0 Å². The lowest BCUT2D eigenvalue weighted by Crippen LogP contribution is -2.42. The SMILES string of the molecule is CCC(C)(N)COCC(=O)NCC(F)(F)F. The number of rotatable bonds is 6. The van der Waals surface area contributed by atoms with Crippen LogP contribution in [0.3, 0.4) is 0 Å². The van der Waals surface area contributed by atoms with Gasteiger partial charge < -0.3 is 15.8 Å². The molecular weight excluding hydrogens is 225 g/mol. The maximum Gasteiger partial charge on any atom is 0.405 e. The molecule has 0 saturated heterocycles. The van der Waals surface area contributed by atoms with Crippen LogP contribution in [0.2, 0.25) is 0 Å². The van der Waals surface area contributed by atoms with Crippen molar-refractivity contribution in [1.29, 1.82) is 0 Å². The Morgan fingerprint density at radius 3 is 2.44 bits per heavy atom. The zero-order valence-electron chi connectivity index (χ0n) is 9.36. The smallest absolute Gasteiger partial charge is 0.370 e. The van der Waals surface area contributed by atoms with Crippen LogP contribution < -0.4 is 11.1 Å². The molecule has 1 atom stereocenters. The Labute approximate surface area is 92.3 Å². The lowest BCUT2D eigenvalue weighted by Gasteiger charge is -2.22. The highest BCUT2D eigenvalue weighted by Gasteiger charge is 2.27. The number of hydrogen-bond donors (Lipinski definition) is 2. The van der Waals surface area contributed by atoms with Crippen molar-refractivity contribution in [2.24, 2.45) is 5.73 Å². The minimum absolute atomic E-state index is 0.128. The fourth-order valence-electron chi connectivity index (χ4n) is 0.729. The van der Waals surface area contributed by atoms with E-state index in [1.54, 1.807) is 12.2 Å². The van der Waals surface area contributed by atoms with Gasteiger partial charge in [0.1, 0.15) is 13.2 Å². The van der Waals surface area contributed by atoms with Crippen LogP contribution in [-0.4, -0.2) is 37.4 Å². The van der Waals surface area contributed by atoms with Crippen molar-refractivity contribution >= 4 is 5.91 Å². The molecule has 7 heteroatoms. The van der Waals surface area contributed by atoms with E-state index in [2.05, 4.69) is 0 Å². The van der Waals surface area contributed by atoms with Gasteiger partial charge in [-0.25, -0.2) is 0 Å². The predicted octanol–water partition coefficient (Wildman–Crippen LogP) is 0.809. The van der Waals surface area contributed by atoms with Crippen molar-refractivity contribution in [1.82, 2.24) is 5.32 Å². The number of halogens is 3. The Morgan fingerprint density at radius 1 is 1.44 bits per heavy atom. The minimum Gasteiger partial charge on any atom is -0.370 e. The van der Waals surface area contributed by atoms with Gasteiger partial charge in [-0.05, 0) is 13.3 Å². The lowest BCUT2D eigenvalue weighted by atomic mass is 10.0. The average molecular weight is 242 g/mol. The molecule has 0 aliphatic carbocycles. The first-order valence-electron chi connectivity index (χ1n) is 4.86. The number of amides is 1. The molecule has 0 bridgehead atoms. The zero-order valence-corrected chi connectivity index (χ0v) is 9.36. The molecule has 0 heterocycles. The second-order valence-corrected chi connectivity index (χ2v) is 3.89. The zero-order chi connectivity index (χ0) is 12.8. The molecule has 96 valence electrons. The summed E-state index contributed by atoms with van der Waals surface area (Å²) in [5.74, 6) is -0.802. The van der Waals surface area contributed by atoms with Crippen LogP contribution >= 0.6 is 0 Å². The normalized spacial score (nSPS) is 15.6. The Balaban J connectivity index is 3.67. The molecule has 16 heavy (non-hydrogen) atoms. The summed E-state index contributed by atoms with van der Waals surface area (Å²) in [5.41, 5.74) is 5.14. The fraction of sp³-hybridized carbons (Fsp3) is 0.889. The minimum atomic E-state index is -4.40. The second-order valence-electron chi connectivity index (χ2n) is 3.89. The molecule has 0 aromatic heterocycles. The maximum atomic E-state index is 11.7. The van der Waals surface area contributed by atoms with Crippen molar-refractivity contribution < 1.29 is 22.7 Å². The third-order valence-corrected chi connectivity index (χ3v) is 1.96. The van der Waals surface area contributed by atoms with Crippen LogP contribution in [0.1, 0.15) is 20.3 Å². The molecule has 0 aromatic rings. The van der Waals surface area contributed by atoms with Gasteiger partial charge in [-0.3, -0.25) is 4.79 Å². The van der Waals surface area contributed by atoms with E-state index in [9.17, 15) is 18.0 Å². The van der Waals surface area contributed by atoms with E-state index in [4.69, 9.17) is 10.5 Å². The molecule has 0 radical (unpaired) electrons. The Kier molecular flexibility index (Phi) is 5.74. The number of nitrogens with two attached hydrogens (primary N) is 1. The van der Waals surface area contributed by atoms with Crippen LogP contribution in [0.4, 0.5) is 13.2 Å². The topological polar surface area (TPSA) is 64.3 Å². The van der Waals surface area contributed by atoms with Crippen molar-refractivity contribution in [3.63, 3.8) is 0 Å². The molecular formula is C9H17F3N2O2. The standard InChI is InChI=1S/C9H17F3N2O2/c1-3-8(2,13)6-16-4-7(15)14-5-9(10,11)12/h3-6,13H2,1-2H3,(H,14,15). The Bertz CT molecular complexity index is 229. The molecule has 0 saturated carbocycles. The first-order valence-corrected chi connectivity index (χ1v) is 4.86. The van der Waals surface area contributed by atoms with E-state index in [1.807, 2.05) is 6.92 Å². The van der Waals surface area contributed by atoms with E-state index >= 15 is 0 Å². The summed E-state index contributed by atoms with van der Waals surface area (Å²) in [6.07, 6.45) is -3.75. The summed E-state index contributed by atoms with van der Waals surface area (Å²) in [6, 6.07) is 0. The molecule has 0 spiro atoms. The first kappa shape index (κ1) is 15.2. The third-order valence-electron chi connectivity index (χ3n) is 1.96. The first-order chi connectivity index (χ1) is 7.16. The van der Waals surface area contributed by atoms with Crippen LogP contribution in [0, 0.1) is 0 Å². The molecule has 1 unspecified atom stereocenters. The number of ether oxygens (including phenoxy) is 1. The molecule has 0 aliphatic rings. The van der Waals surface area contributed by atoms with Crippen molar-refractivity contribution in [2.75, 3.05) is 19.8 Å². The highest BCUT2D eigenvalue weighted by molar-refractivity contribution is 5.77. The van der Waals surface area contributed by atoms with Gasteiger partial charge in [0.25, 0.3) is 0 Å². The van der Waals surface area contributed by atoms with Crippen LogP contribution in [0.5, 0.6) is 0 Å². The second kappa shape index (κ2) is 6.05. The van der Waals surface area contributed by atoms with Gasteiger partial charge in [0.05, 0.1) is 6.61 Å². The van der Waals surface area contributed by atoms with Crippen LogP contribution in [0.15, 0.2) is 0 Å².